The number of hydrogen-bond donors (Lipinski definition) is 2. The molecule has 0 atom stereocenters. The van der Waals surface area contributed by atoms with E-state index < -0.39 is 0 Å². The van der Waals surface area contributed by atoms with Gasteiger partial charge in [0, 0.05) is 41.9 Å². The number of benzene rings is 1. The highest BCUT2D eigenvalue weighted by molar-refractivity contribution is 14.0. The van der Waals surface area contributed by atoms with Gasteiger partial charge in [-0.25, -0.2) is 9.98 Å². The van der Waals surface area contributed by atoms with E-state index in [1.807, 2.05) is 18.2 Å². The zero-order chi connectivity index (χ0) is 20.6. The van der Waals surface area contributed by atoms with E-state index in [2.05, 4.69) is 48.7 Å². The molecule has 1 aromatic carbocycles. The van der Waals surface area contributed by atoms with Gasteiger partial charge in [-0.3, -0.25) is 0 Å². The van der Waals surface area contributed by atoms with Crippen LogP contribution in [0.5, 0.6) is 11.5 Å². The van der Waals surface area contributed by atoms with E-state index in [0.717, 1.165) is 53.2 Å². The van der Waals surface area contributed by atoms with Crippen molar-refractivity contribution in [1.82, 2.24) is 15.6 Å². The van der Waals surface area contributed by atoms with Gasteiger partial charge in [-0.05, 0) is 19.1 Å². The molecule has 1 heterocycles. The van der Waals surface area contributed by atoms with E-state index in [9.17, 15) is 0 Å². The summed E-state index contributed by atoms with van der Waals surface area (Å²) in [6.07, 6.45) is 0.872. The van der Waals surface area contributed by atoms with Crippen LogP contribution in [-0.4, -0.2) is 38.3 Å². The smallest absolute Gasteiger partial charge is 0.191 e. The second-order valence-electron chi connectivity index (χ2n) is 7.43. The lowest BCUT2D eigenvalue weighted by molar-refractivity contribution is 0.391. The molecule has 0 radical (unpaired) electrons. The minimum atomic E-state index is 0. The Morgan fingerprint density at radius 2 is 1.93 bits per heavy atom. The highest BCUT2D eigenvalue weighted by Gasteiger charge is 2.17. The number of aliphatic imine (C=N–C) groups is 1. The molecule has 0 aliphatic rings. The standard InChI is InChI=1S/C21H32N4O2S.HI/c1-7-22-20(23-11-10-19-25-18(14-28-19)21(2,3)4)24-13-15-8-9-16(26-5)12-17(15)27-6;/h8-9,12,14H,7,10-11,13H2,1-6H3,(H2,22,23,24);1H. The third-order valence-electron chi connectivity index (χ3n) is 4.20. The number of methoxy groups -OCH3 is 2. The van der Waals surface area contributed by atoms with Gasteiger partial charge >= 0.3 is 0 Å². The maximum absolute atomic E-state index is 5.45. The van der Waals surface area contributed by atoms with E-state index >= 15 is 0 Å². The molecule has 8 heteroatoms. The average molecular weight is 532 g/mol. The lowest BCUT2D eigenvalue weighted by atomic mass is 9.93. The second-order valence-corrected chi connectivity index (χ2v) is 8.37. The fourth-order valence-electron chi connectivity index (χ4n) is 2.55. The maximum Gasteiger partial charge on any atom is 0.191 e. The first-order valence-electron chi connectivity index (χ1n) is 9.55. The molecule has 0 fully saturated rings. The highest BCUT2D eigenvalue weighted by Crippen LogP contribution is 2.25. The zero-order valence-corrected chi connectivity index (χ0v) is 21.3. The van der Waals surface area contributed by atoms with Crippen LogP contribution < -0.4 is 20.1 Å². The Labute approximate surface area is 195 Å². The van der Waals surface area contributed by atoms with Crippen molar-refractivity contribution in [3.8, 4) is 11.5 Å². The Balaban J connectivity index is 0.00000420. The summed E-state index contributed by atoms with van der Waals surface area (Å²) in [4.78, 5) is 9.43. The summed E-state index contributed by atoms with van der Waals surface area (Å²) >= 11 is 1.72. The summed E-state index contributed by atoms with van der Waals surface area (Å²) < 4.78 is 10.7. The third-order valence-corrected chi connectivity index (χ3v) is 5.11. The van der Waals surface area contributed by atoms with Crippen molar-refractivity contribution in [2.75, 3.05) is 27.3 Å². The summed E-state index contributed by atoms with van der Waals surface area (Å²) in [6.45, 7) is 10.7. The van der Waals surface area contributed by atoms with Gasteiger partial charge in [0.1, 0.15) is 11.5 Å². The lowest BCUT2D eigenvalue weighted by Crippen LogP contribution is -2.38. The number of nitrogens with zero attached hydrogens (tertiary/aromatic N) is 2. The summed E-state index contributed by atoms with van der Waals surface area (Å²) in [5, 5.41) is 9.97. The topological polar surface area (TPSA) is 67.8 Å². The Morgan fingerprint density at radius 3 is 2.52 bits per heavy atom. The predicted molar refractivity (Wildman–Crippen MR) is 132 cm³/mol. The Morgan fingerprint density at radius 1 is 1.17 bits per heavy atom. The molecule has 0 bridgehead atoms. The molecule has 0 spiro atoms. The SMILES string of the molecule is CCNC(=NCc1ccc(OC)cc1OC)NCCc1nc(C(C)(C)C)cs1.I. The first kappa shape index (κ1) is 25.5. The largest absolute Gasteiger partial charge is 0.497 e. The Bertz CT molecular complexity index is 787. The van der Waals surface area contributed by atoms with Crippen molar-refractivity contribution in [3.63, 3.8) is 0 Å². The molecule has 0 saturated heterocycles. The average Bonchev–Trinajstić information content (AvgIpc) is 3.15. The fraction of sp³-hybridized carbons (Fsp3) is 0.524. The van der Waals surface area contributed by atoms with Gasteiger partial charge in [0.05, 0.1) is 31.5 Å². The number of nitrogens with one attached hydrogen (secondary N) is 2. The van der Waals surface area contributed by atoms with Gasteiger partial charge < -0.3 is 20.1 Å². The lowest BCUT2D eigenvalue weighted by Gasteiger charge is -2.14. The molecule has 0 amide bonds. The van der Waals surface area contributed by atoms with Crippen LogP contribution in [0, 0.1) is 0 Å². The number of rotatable bonds is 8. The number of hydrogen-bond acceptors (Lipinski definition) is 5. The zero-order valence-electron chi connectivity index (χ0n) is 18.2. The predicted octanol–water partition coefficient (Wildman–Crippen LogP) is 4.37. The van der Waals surface area contributed by atoms with Crippen LogP contribution in [-0.2, 0) is 18.4 Å². The van der Waals surface area contributed by atoms with Crippen molar-refractivity contribution in [3.05, 3.63) is 39.8 Å². The molecule has 1 aromatic heterocycles. The van der Waals surface area contributed by atoms with Crippen molar-refractivity contribution in [2.24, 2.45) is 4.99 Å². The van der Waals surface area contributed by atoms with Crippen LogP contribution in [0.15, 0.2) is 28.6 Å². The van der Waals surface area contributed by atoms with Gasteiger partial charge in [0.25, 0.3) is 0 Å². The summed E-state index contributed by atoms with van der Waals surface area (Å²) in [5.41, 5.74) is 2.26. The van der Waals surface area contributed by atoms with E-state index in [0.29, 0.717) is 6.54 Å². The van der Waals surface area contributed by atoms with Gasteiger partial charge in [0.15, 0.2) is 5.96 Å². The molecule has 162 valence electrons. The molecule has 0 aliphatic carbocycles. The van der Waals surface area contributed by atoms with Gasteiger partial charge in [-0.2, -0.15) is 0 Å². The van der Waals surface area contributed by atoms with Gasteiger partial charge in [0.2, 0.25) is 0 Å². The quantitative estimate of drug-likeness (QED) is 0.300. The van der Waals surface area contributed by atoms with E-state index in [4.69, 9.17) is 14.5 Å². The monoisotopic (exact) mass is 532 g/mol. The Kier molecular flexibility index (Phi) is 10.7. The number of guanidine groups is 1. The molecule has 0 unspecified atom stereocenters. The van der Waals surface area contributed by atoms with Crippen LogP contribution in [0.3, 0.4) is 0 Å². The number of aromatic nitrogens is 1. The second kappa shape index (κ2) is 12.2. The van der Waals surface area contributed by atoms with Crippen LogP contribution in [0.1, 0.15) is 44.0 Å². The summed E-state index contributed by atoms with van der Waals surface area (Å²) in [6, 6.07) is 5.78. The Hall–Kier alpha value is -1.55. The van der Waals surface area contributed by atoms with Crippen molar-refractivity contribution in [1.29, 1.82) is 0 Å². The van der Waals surface area contributed by atoms with Crippen molar-refractivity contribution >= 4 is 41.3 Å². The first-order chi connectivity index (χ1) is 13.4. The molecule has 0 aliphatic heterocycles. The van der Waals surface area contributed by atoms with E-state index in [-0.39, 0.29) is 29.4 Å². The molecular weight excluding hydrogens is 499 g/mol. The number of thiazole rings is 1. The molecular formula is C21H33IN4O2S. The molecule has 0 saturated carbocycles. The van der Waals surface area contributed by atoms with Crippen molar-refractivity contribution in [2.45, 2.75) is 46.1 Å². The minimum Gasteiger partial charge on any atom is -0.497 e. The number of ether oxygens (including phenoxy) is 2. The summed E-state index contributed by atoms with van der Waals surface area (Å²) in [5.74, 6) is 2.33. The van der Waals surface area contributed by atoms with Gasteiger partial charge in [-0.15, -0.1) is 35.3 Å². The third kappa shape index (κ3) is 8.00. The van der Waals surface area contributed by atoms with E-state index in [1.165, 1.54) is 0 Å². The number of halogens is 1. The highest BCUT2D eigenvalue weighted by atomic mass is 127. The molecule has 2 aromatic rings. The van der Waals surface area contributed by atoms with Crippen LogP contribution in [0.2, 0.25) is 0 Å². The molecule has 29 heavy (non-hydrogen) atoms. The molecule has 6 nitrogen and oxygen atoms in total. The molecule has 2 N–H and O–H groups in total. The first-order valence-corrected chi connectivity index (χ1v) is 10.4. The van der Waals surface area contributed by atoms with Crippen LogP contribution >= 0.6 is 35.3 Å². The minimum absolute atomic E-state index is 0. The fourth-order valence-corrected chi connectivity index (χ4v) is 3.57. The molecule has 2 rings (SSSR count). The summed E-state index contributed by atoms with van der Waals surface area (Å²) in [7, 11) is 3.30. The maximum atomic E-state index is 5.45. The van der Waals surface area contributed by atoms with Crippen LogP contribution in [0.4, 0.5) is 0 Å². The van der Waals surface area contributed by atoms with Gasteiger partial charge in [-0.1, -0.05) is 20.8 Å². The van der Waals surface area contributed by atoms with E-state index in [1.54, 1.807) is 25.6 Å². The van der Waals surface area contributed by atoms with Crippen molar-refractivity contribution < 1.29 is 9.47 Å². The van der Waals surface area contributed by atoms with Crippen LogP contribution in [0.25, 0.3) is 0 Å². The normalized spacial score (nSPS) is 11.6.